The van der Waals surface area contributed by atoms with Crippen molar-refractivity contribution in [3.05, 3.63) is 11.3 Å². The van der Waals surface area contributed by atoms with Crippen molar-refractivity contribution in [1.29, 1.82) is 0 Å². The summed E-state index contributed by atoms with van der Waals surface area (Å²) < 4.78 is 21.4. The lowest BCUT2D eigenvalue weighted by atomic mass is 9.91. The Bertz CT molecular complexity index is 578. The fraction of sp³-hybridized carbons (Fsp3) is 0.714. The van der Waals surface area contributed by atoms with Crippen LogP contribution in [0, 0.1) is 0 Å². The number of carboxylic acids is 1. The van der Waals surface area contributed by atoms with Crippen LogP contribution < -0.4 is 10.5 Å². The molecule has 9 nitrogen and oxygen atoms in total. The van der Waals surface area contributed by atoms with E-state index in [0.717, 1.165) is 25.7 Å². The van der Waals surface area contributed by atoms with Crippen molar-refractivity contribution in [2.45, 2.75) is 57.9 Å². The van der Waals surface area contributed by atoms with Crippen LogP contribution in [0.4, 0.5) is 0 Å². The predicted molar refractivity (Wildman–Crippen MR) is 85.9 cm³/mol. The summed E-state index contributed by atoms with van der Waals surface area (Å²) in [5.74, 6) is -0.792. The van der Waals surface area contributed by atoms with Gasteiger partial charge in [0.2, 0.25) is 0 Å². The molecule has 0 saturated heterocycles. The van der Waals surface area contributed by atoms with Crippen LogP contribution in [-0.2, 0) is 15.8 Å². The number of ether oxygens (including phenoxy) is 1. The summed E-state index contributed by atoms with van der Waals surface area (Å²) in [5, 5.41) is 12.8. The molecule has 1 rings (SSSR count). The first-order chi connectivity index (χ1) is 11.2. The number of nitrogens with zero attached hydrogens (tertiary/aromatic N) is 1. The molecule has 1 heterocycles. The molecule has 1 aromatic rings. The van der Waals surface area contributed by atoms with E-state index in [1.54, 1.807) is 0 Å². The lowest BCUT2D eigenvalue weighted by Crippen LogP contribution is -2.32. The van der Waals surface area contributed by atoms with Gasteiger partial charge in [0, 0.05) is 12.3 Å². The average Bonchev–Trinajstić information content (AvgIpc) is 2.86. The van der Waals surface area contributed by atoms with E-state index in [9.17, 15) is 9.36 Å². The molecule has 10 heteroatoms. The number of hydrogen-bond donors (Lipinski definition) is 4. The summed E-state index contributed by atoms with van der Waals surface area (Å²) in [4.78, 5) is 28.9. The topological polar surface area (TPSA) is 156 Å². The third-order valence-corrected chi connectivity index (χ3v) is 4.00. The van der Waals surface area contributed by atoms with Crippen LogP contribution in [0.15, 0.2) is 4.52 Å². The zero-order valence-corrected chi connectivity index (χ0v) is 14.7. The van der Waals surface area contributed by atoms with Crippen molar-refractivity contribution in [1.82, 2.24) is 5.16 Å². The highest BCUT2D eigenvalue weighted by Crippen LogP contribution is 2.38. The maximum Gasteiger partial charge on any atom is 0.362 e. The van der Waals surface area contributed by atoms with Gasteiger partial charge >= 0.3 is 13.6 Å². The molecule has 0 aromatic carbocycles. The Labute approximate surface area is 140 Å². The molecule has 138 valence electrons. The molecule has 0 amide bonds. The number of rotatable bonds is 11. The Morgan fingerprint density at radius 2 is 1.92 bits per heavy atom. The van der Waals surface area contributed by atoms with Crippen molar-refractivity contribution >= 4 is 13.6 Å². The van der Waals surface area contributed by atoms with Gasteiger partial charge in [-0.25, -0.2) is 0 Å². The molecular weight excluding hydrogens is 339 g/mol. The van der Waals surface area contributed by atoms with E-state index in [2.05, 4.69) is 5.16 Å². The summed E-state index contributed by atoms with van der Waals surface area (Å²) in [5.41, 5.74) is 5.96. The van der Waals surface area contributed by atoms with Gasteiger partial charge in [-0.15, -0.1) is 0 Å². The second kappa shape index (κ2) is 9.17. The van der Waals surface area contributed by atoms with Crippen molar-refractivity contribution in [2.24, 2.45) is 5.73 Å². The first-order valence-corrected chi connectivity index (χ1v) is 9.63. The number of aliphatic carboxylic acids is 1. The molecule has 0 aliphatic carbocycles. The summed E-state index contributed by atoms with van der Waals surface area (Å²) in [6, 6.07) is -1.19. The SMILES string of the molecule is CCCC(CCC)c1onc(OCP(=O)(O)O)c1CC(N)C(=O)O. The standard InChI is InChI=1S/C14H25N2O7P/c1-3-5-9(6-4-2)12-10(7-11(15)14(17)18)13(16-23-12)22-8-24(19,20)21/h9,11H,3-8,15H2,1-2H3,(H,17,18)(H2,19,20,21). The van der Waals surface area contributed by atoms with Crippen LogP contribution >= 0.6 is 7.60 Å². The zero-order valence-electron chi connectivity index (χ0n) is 13.8. The zero-order chi connectivity index (χ0) is 18.3. The van der Waals surface area contributed by atoms with E-state index in [0.29, 0.717) is 11.3 Å². The first-order valence-electron chi connectivity index (χ1n) is 7.83. The van der Waals surface area contributed by atoms with Gasteiger partial charge in [-0.3, -0.25) is 9.36 Å². The lowest BCUT2D eigenvalue weighted by Gasteiger charge is -2.15. The molecule has 0 aliphatic rings. The molecule has 0 bridgehead atoms. The van der Waals surface area contributed by atoms with E-state index < -0.39 is 26.0 Å². The molecule has 0 fully saturated rings. The fourth-order valence-corrected chi connectivity index (χ4v) is 2.77. The molecule has 1 aromatic heterocycles. The molecule has 0 spiro atoms. The van der Waals surface area contributed by atoms with Gasteiger partial charge in [0.05, 0.1) is 5.56 Å². The van der Waals surface area contributed by atoms with Crippen molar-refractivity contribution in [3.63, 3.8) is 0 Å². The van der Waals surface area contributed by atoms with Crippen LogP contribution in [-0.4, -0.2) is 38.4 Å². The molecule has 0 aliphatic heterocycles. The smallest absolute Gasteiger partial charge is 0.362 e. The Kier molecular flexibility index (Phi) is 7.89. The van der Waals surface area contributed by atoms with Crippen LogP contribution in [0.3, 0.4) is 0 Å². The number of carbonyl (C=O) groups is 1. The summed E-state index contributed by atoms with van der Waals surface area (Å²) in [7, 11) is -4.40. The first kappa shape index (κ1) is 20.6. The molecule has 24 heavy (non-hydrogen) atoms. The fourth-order valence-electron chi connectivity index (χ4n) is 2.48. The van der Waals surface area contributed by atoms with Gasteiger partial charge in [0.25, 0.3) is 5.88 Å². The highest BCUT2D eigenvalue weighted by molar-refractivity contribution is 7.51. The molecule has 0 radical (unpaired) electrons. The lowest BCUT2D eigenvalue weighted by molar-refractivity contribution is -0.138. The van der Waals surface area contributed by atoms with Crippen molar-refractivity contribution in [2.75, 3.05) is 6.35 Å². The Balaban J connectivity index is 3.14. The minimum absolute atomic E-state index is 0.0240. The summed E-state index contributed by atoms with van der Waals surface area (Å²) in [6.07, 6.45) is 2.48. The van der Waals surface area contributed by atoms with E-state index in [4.69, 9.17) is 29.9 Å². The van der Waals surface area contributed by atoms with Crippen molar-refractivity contribution < 1.29 is 33.5 Å². The average molecular weight is 364 g/mol. The Morgan fingerprint density at radius 3 is 2.38 bits per heavy atom. The number of hydrogen-bond acceptors (Lipinski definition) is 6. The highest BCUT2D eigenvalue weighted by Gasteiger charge is 2.28. The summed E-state index contributed by atoms with van der Waals surface area (Å²) >= 11 is 0. The second-order valence-corrected chi connectivity index (χ2v) is 7.28. The van der Waals surface area contributed by atoms with Gasteiger partial charge in [-0.1, -0.05) is 26.7 Å². The molecule has 5 N–H and O–H groups in total. The number of nitrogens with two attached hydrogens (primary N) is 1. The largest absolute Gasteiger partial charge is 0.480 e. The van der Waals surface area contributed by atoms with Crippen LogP contribution in [0.25, 0.3) is 0 Å². The minimum atomic E-state index is -4.40. The van der Waals surface area contributed by atoms with Gasteiger partial charge in [0.1, 0.15) is 11.8 Å². The second-order valence-electron chi connectivity index (χ2n) is 5.69. The van der Waals surface area contributed by atoms with Gasteiger partial charge < -0.3 is 29.9 Å². The van der Waals surface area contributed by atoms with Crippen LogP contribution in [0.5, 0.6) is 5.88 Å². The van der Waals surface area contributed by atoms with Crippen molar-refractivity contribution in [3.8, 4) is 5.88 Å². The Morgan fingerprint density at radius 1 is 1.33 bits per heavy atom. The monoisotopic (exact) mass is 364 g/mol. The van der Waals surface area contributed by atoms with Crippen LogP contribution in [0.2, 0.25) is 0 Å². The molecular formula is C14H25N2O7P. The van der Waals surface area contributed by atoms with Gasteiger partial charge in [-0.05, 0) is 18.0 Å². The Hall–Kier alpha value is -1.41. The van der Waals surface area contributed by atoms with E-state index in [-0.39, 0.29) is 18.2 Å². The maximum atomic E-state index is 11.0. The number of aromatic nitrogens is 1. The minimum Gasteiger partial charge on any atom is -0.480 e. The predicted octanol–water partition coefficient (Wildman–Crippen LogP) is 1.83. The van der Waals surface area contributed by atoms with E-state index in [1.165, 1.54) is 0 Å². The third kappa shape index (κ3) is 6.24. The quantitative estimate of drug-likeness (QED) is 0.430. The molecule has 1 unspecified atom stereocenters. The third-order valence-electron chi connectivity index (χ3n) is 3.54. The maximum absolute atomic E-state index is 11.0. The van der Waals surface area contributed by atoms with Gasteiger partial charge in [-0.2, -0.15) is 0 Å². The van der Waals surface area contributed by atoms with E-state index >= 15 is 0 Å². The van der Waals surface area contributed by atoms with E-state index in [1.807, 2.05) is 13.8 Å². The molecule has 0 saturated carbocycles. The number of carboxylic acid groups (broad SMARTS) is 1. The molecule has 1 atom stereocenters. The highest BCUT2D eigenvalue weighted by atomic mass is 31.2. The van der Waals surface area contributed by atoms with Crippen LogP contribution in [0.1, 0.15) is 56.8 Å². The normalized spacial score (nSPS) is 13.2. The summed E-state index contributed by atoms with van der Waals surface area (Å²) in [6.45, 7) is 4.04. The van der Waals surface area contributed by atoms with Gasteiger partial charge in [0.15, 0.2) is 6.35 Å².